The van der Waals surface area contributed by atoms with Gasteiger partial charge in [0.05, 0.1) is 12.0 Å². The number of methoxy groups -OCH3 is 1. The number of rotatable bonds is 8. The van der Waals surface area contributed by atoms with Crippen molar-refractivity contribution in [3.8, 4) is 5.75 Å². The second kappa shape index (κ2) is 6.38. The van der Waals surface area contributed by atoms with Crippen LogP contribution in [0.1, 0.15) is 19.3 Å². The minimum absolute atomic E-state index is 0.000141. The summed E-state index contributed by atoms with van der Waals surface area (Å²) in [5.41, 5.74) is 0.510. The maximum Gasteiger partial charge on any atom is 0.333 e. The summed E-state index contributed by atoms with van der Waals surface area (Å²) in [5.74, 6) is 0.283. The lowest BCUT2D eigenvalue weighted by Crippen LogP contribution is -2.20. The Bertz CT molecular complexity index is 447. The van der Waals surface area contributed by atoms with Crippen molar-refractivity contribution in [1.82, 2.24) is 5.32 Å². The highest BCUT2D eigenvalue weighted by atomic mass is 16.6. The summed E-state index contributed by atoms with van der Waals surface area (Å²) in [6.07, 6.45) is 3.48. The van der Waals surface area contributed by atoms with E-state index >= 15 is 0 Å². The van der Waals surface area contributed by atoms with Gasteiger partial charge >= 0.3 is 5.69 Å². The molecule has 0 saturated heterocycles. The molecule has 1 aliphatic rings. The summed E-state index contributed by atoms with van der Waals surface area (Å²) in [7, 11) is 1.44. The standard InChI is InChI=1S/C13H19N3O3/c1-19-12-5-2-4-11(13(12)16(17)18)15-9-3-8-14-10-6-7-10/h2,4-5,10,14-15H,3,6-9H2,1H3. The van der Waals surface area contributed by atoms with E-state index in [2.05, 4.69) is 10.6 Å². The van der Waals surface area contributed by atoms with Crippen molar-refractivity contribution in [2.45, 2.75) is 25.3 Å². The quantitative estimate of drug-likeness (QED) is 0.428. The number of nitrogens with one attached hydrogen (secondary N) is 2. The fourth-order valence-corrected chi connectivity index (χ4v) is 1.92. The summed E-state index contributed by atoms with van der Waals surface area (Å²) in [5, 5.41) is 17.6. The zero-order valence-electron chi connectivity index (χ0n) is 11.0. The maximum atomic E-state index is 11.1. The Morgan fingerprint density at radius 3 is 2.84 bits per heavy atom. The SMILES string of the molecule is COc1cccc(NCCCNC2CC2)c1[N+](=O)[O-]. The fourth-order valence-electron chi connectivity index (χ4n) is 1.92. The van der Waals surface area contributed by atoms with Crippen LogP contribution in [0.4, 0.5) is 11.4 Å². The van der Waals surface area contributed by atoms with Gasteiger partial charge in [-0.15, -0.1) is 0 Å². The molecule has 0 spiro atoms. The van der Waals surface area contributed by atoms with Crippen molar-refractivity contribution < 1.29 is 9.66 Å². The van der Waals surface area contributed by atoms with Crippen LogP contribution in [0, 0.1) is 10.1 Å². The maximum absolute atomic E-state index is 11.1. The van der Waals surface area contributed by atoms with Gasteiger partial charge in [-0.05, 0) is 37.9 Å². The molecule has 1 fully saturated rings. The number of para-hydroxylation sites is 1. The van der Waals surface area contributed by atoms with Crippen molar-refractivity contribution in [1.29, 1.82) is 0 Å². The van der Waals surface area contributed by atoms with Crippen molar-refractivity contribution in [2.75, 3.05) is 25.5 Å². The summed E-state index contributed by atoms with van der Waals surface area (Å²) >= 11 is 0. The van der Waals surface area contributed by atoms with E-state index in [0.29, 0.717) is 18.3 Å². The number of benzene rings is 1. The Hall–Kier alpha value is -1.82. The Kier molecular flexibility index (Phi) is 4.57. The van der Waals surface area contributed by atoms with Gasteiger partial charge in [0.15, 0.2) is 5.75 Å². The van der Waals surface area contributed by atoms with Crippen molar-refractivity contribution in [2.24, 2.45) is 0 Å². The molecule has 0 atom stereocenters. The molecule has 0 unspecified atom stereocenters. The van der Waals surface area contributed by atoms with Gasteiger partial charge in [0.2, 0.25) is 0 Å². The first-order valence-electron chi connectivity index (χ1n) is 6.51. The third-order valence-electron chi connectivity index (χ3n) is 3.08. The second-order valence-electron chi connectivity index (χ2n) is 4.62. The van der Waals surface area contributed by atoms with Crippen LogP contribution in [-0.4, -0.2) is 31.2 Å². The molecule has 0 bridgehead atoms. The van der Waals surface area contributed by atoms with Crippen molar-refractivity contribution >= 4 is 11.4 Å². The third kappa shape index (κ3) is 3.82. The molecule has 0 radical (unpaired) electrons. The van der Waals surface area contributed by atoms with Gasteiger partial charge < -0.3 is 15.4 Å². The summed E-state index contributed by atoms with van der Waals surface area (Å²) in [4.78, 5) is 10.6. The highest BCUT2D eigenvalue weighted by Crippen LogP contribution is 2.34. The number of nitrogens with zero attached hydrogens (tertiary/aromatic N) is 1. The fraction of sp³-hybridized carbons (Fsp3) is 0.538. The number of anilines is 1. The molecule has 104 valence electrons. The van der Waals surface area contributed by atoms with Crippen LogP contribution in [0.2, 0.25) is 0 Å². The Morgan fingerprint density at radius 2 is 2.21 bits per heavy atom. The number of nitro groups is 1. The van der Waals surface area contributed by atoms with E-state index in [4.69, 9.17) is 4.74 Å². The van der Waals surface area contributed by atoms with E-state index in [1.54, 1.807) is 18.2 Å². The van der Waals surface area contributed by atoms with Crippen LogP contribution in [0.15, 0.2) is 18.2 Å². The van der Waals surface area contributed by atoms with Gasteiger partial charge in [0, 0.05) is 12.6 Å². The zero-order valence-corrected chi connectivity index (χ0v) is 11.0. The molecule has 1 saturated carbocycles. The molecule has 19 heavy (non-hydrogen) atoms. The van der Waals surface area contributed by atoms with Crippen LogP contribution in [0.25, 0.3) is 0 Å². The summed E-state index contributed by atoms with van der Waals surface area (Å²) in [6, 6.07) is 5.75. The number of ether oxygens (including phenoxy) is 1. The molecule has 0 heterocycles. The third-order valence-corrected chi connectivity index (χ3v) is 3.08. The molecule has 2 N–H and O–H groups in total. The monoisotopic (exact) mass is 265 g/mol. The van der Waals surface area contributed by atoms with Crippen molar-refractivity contribution in [3.05, 3.63) is 28.3 Å². The van der Waals surface area contributed by atoms with Gasteiger partial charge in [0.1, 0.15) is 5.69 Å². The van der Waals surface area contributed by atoms with Gasteiger partial charge in [-0.2, -0.15) is 0 Å². The number of nitro benzene ring substituents is 1. The first kappa shape index (κ1) is 13.6. The van der Waals surface area contributed by atoms with Crippen LogP contribution in [0.5, 0.6) is 5.75 Å². The molecular formula is C13H19N3O3. The van der Waals surface area contributed by atoms with Crippen molar-refractivity contribution in [3.63, 3.8) is 0 Å². The Balaban J connectivity index is 1.88. The highest BCUT2D eigenvalue weighted by Gasteiger charge is 2.21. The van der Waals surface area contributed by atoms with E-state index in [1.807, 2.05) is 0 Å². The van der Waals surface area contributed by atoms with Gasteiger partial charge in [0.25, 0.3) is 0 Å². The van der Waals surface area contributed by atoms with E-state index in [-0.39, 0.29) is 11.4 Å². The molecular weight excluding hydrogens is 246 g/mol. The lowest BCUT2D eigenvalue weighted by atomic mass is 10.2. The van der Waals surface area contributed by atoms with Gasteiger partial charge in [-0.25, -0.2) is 0 Å². The first-order valence-corrected chi connectivity index (χ1v) is 6.51. The van der Waals surface area contributed by atoms with E-state index < -0.39 is 4.92 Å². The van der Waals surface area contributed by atoms with E-state index in [9.17, 15) is 10.1 Å². The number of hydrogen-bond acceptors (Lipinski definition) is 5. The van der Waals surface area contributed by atoms with Crippen LogP contribution in [0.3, 0.4) is 0 Å². The minimum atomic E-state index is -0.413. The van der Waals surface area contributed by atoms with Gasteiger partial charge in [-0.1, -0.05) is 6.07 Å². The predicted molar refractivity (Wildman–Crippen MR) is 73.8 cm³/mol. The van der Waals surface area contributed by atoms with Crippen LogP contribution < -0.4 is 15.4 Å². The van der Waals surface area contributed by atoms with Gasteiger partial charge in [-0.3, -0.25) is 10.1 Å². The first-order chi connectivity index (χ1) is 9.22. The van der Waals surface area contributed by atoms with Crippen LogP contribution in [-0.2, 0) is 0 Å². The summed E-state index contributed by atoms with van der Waals surface area (Å²) < 4.78 is 5.02. The molecule has 1 aromatic rings. The van der Waals surface area contributed by atoms with Crippen LogP contribution >= 0.6 is 0 Å². The average Bonchev–Trinajstić information content (AvgIpc) is 3.21. The van der Waals surface area contributed by atoms with E-state index in [1.165, 1.54) is 20.0 Å². The second-order valence-corrected chi connectivity index (χ2v) is 4.62. The topological polar surface area (TPSA) is 76.4 Å². The smallest absolute Gasteiger partial charge is 0.333 e. The van der Waals surface area contributed by atoms with E-state index in [0.717, 1.165) is 13.0 Å². The lowest BCUT2D eigenvalue weighted by molar-refractivity contribution is -0.384. The molecule has 0 aromatic heterocycles. The Morgan fingerprint density at radius 1 is 1.42 bits per heavy atom. The molecule has 6 heteroatoms. The molecule has 1 aromatic carbocycles. The zero-order chi connectivity index (χ0) is 13.7. The largest absolute Gasteiger partial charge is 0.490 e. The lowest BCUT2D eigenvalue weighted by Gasteiger charge is -2.09. The average molecular weight is 265 g/mol. The number of hydrogen-bond donors (Lipinski definition) is 2. The molecule has 0 aliphatic heterocycles. The predicted octanol–water partition coefficient (Wildman–Crippen LogP) is 2.16. The highest BCUT2D eigenvalue weighted by molar-refractivity contribution is 5.68. The molecule has 0 amide bonds. The Labute approximate surface area is 112 Å². The molecule has 2 rings (SSSR count). The minimum Gasteiger partial charge on any atom is -0.490 e. The molecule has 6 nitrogen and oxygen atoms in total. The normalized spacial score (nSPS) is 14.2. The summed E-state index contributed by atoms with van der Waals surface area (Å²) in [6.45, 7) is 1.64. The molecule has 1 aliphatic carbocycles.